The lowest BCUT2D eigenvalue weighted by Crippen LogP contribution is -2.34. The molecular weight excluding hydrogens is 330 g/mol. The minimum Gasteiger partial charge on any atom is -0.228 e. The lowest BCUT2D eigenvalue weighted by molar-refractivity contribution is 0.278. The summed E-state index contributed by atoms with van der Waals surface area (Å²) < 4.78 is 50.3. The summed E-state index contributed by atoms with van der Waals surface area (Å²) in [5.41, 5.74) is 0.699. The number of hydrogen-bond donors (Lipinski definition) is 0. The molecule has 0 saturated heterocycles. The number of aryl methyl sites for hydroxylation is 1. The maximum absolute atomic E-state index is 13.2. The van der Waals surface area contributed by atoms with Gasteiger partial charge >= 0.3 is 0 Å². The highest BCUT2D eigenvalue weighted by Crippen LogP contribution is 2.34. The van der Waals surface area contributed by atoms with E-state index in [2.05, 4.69) is 0 Å². The van der Waals surface area contributed by atoms with Crippen LogP contribution in [0.25, 0.3) is 0 Å². The molecule has 0 spiro atoms. The van der Waals surface area contributed by atoms with E-state index in [1.807, 2.05) is 0 Å². The van der Waals surface area contributed by atoms with E-state index in [1.54, 1.807) is 20.8 Å². The predicted octanol–water partition coefficient (Wildman–Crippen LogP) is 4.92. The molecule has 0 amide bonds. The maximum Gasteiger partial charge on any atom is 0.155 e. The van der Waals surface area contributed by atoms with Crippen LogP contribution in [0.1, 0.15) is 58.4 Å². The number of hydrogen-bond acceptors (Lipinski definition) is 2. The van der Waals surface area contributed by atoms with Crippen molar-refractivity contribution >= 4 is 9.84 Å². The number of sulfone groups is 1. The number of rotatable bonds is 5. The summed E-state index contributed by atoms with van der Waals surface area (Å²) in [7, 11) is -3.06. The van der Waals surface area contributed by atoms with Gasteiger partial charge in [-0.25, -0.2) is 17.2 Å². The van der Waals surface area contributed by atoms with Gasteiger partial charge in [0.05, 0.1) is 10.5 Å². The molecule has 0 aliphatic heterocycles. The number of halogens is 2. The molecule has 1 fully saturated rings. The van der Waals surface area contributed by atoms with Gasteiger partial charge in [-0.2, -0.15) is 0 Å². The average Bonchev–Trinajstić information content (AvgIpc) is 2.44. The van der Waals surface area contributed by atoms with Crippen LogP contribution in [0.15, 0.2) is 18.2 Å². The fourth-order valence-electron chi connectivity index (χ4n) is 3.37. The summed E-state index contributed by atoms with van der Waals surface area (Å²) >= 11 is 0. The van der Waals surface area contributed by atoms with E-state index in [0.29, 0.717) is 17.9 Å². The summed E-state index contributed by atoms with van der Waals surface area (Å²) in [5.74, 6) is -0.0117. The van der Waals surface area contributed by atoms with Crippen molar-refractivity contribution in [2.24, 2.45) is 11.8 Å². The van der Waals surface area contributed by atoms with Crippen LogP contribution in [0.5, 0.6) is 0 Å². The molecular formula is C19H28F2O2S. The Hall–Kier alpha value is -0.970. The van der Waals surface area contributed by atoms with E-state index in [0.717, 1.165) is 38.2 Å². The molecule has 2 rings (SSSR count). The second-order valence-electron chi connectivity index (χ2n) is 8.10. The first-order valence-corrected chi connectivity index (χ1v) is 10.4. The van der Waals surface area contributed by atoms with Gasteiger partial charge < -0.3 is 0 Å². The van der Waals surface area contributed by atoms with E-state index in [4.69, 9.17) is 0 Å². The minimum absolute atomic E-state index is 0.247. The van der Waals surface area contributed by atoms with E-state index < -0.39 is 26.2 Å². The summed E-state index contributed by atoms with van der Waals surface area (Å²) in [4.78, 5) is 0. The SMILES string of the molecule is CC(C)(C)S(=O)(=O)CC1CCC(CCc2cc(F)cc(F)c2)CC1. The Kier molecular flexibility index (Phi) is 6.05. The lowest BCUT2D eigenvalue weighted by Gasteiger charge is -2.30. The van der Waals surface area contributed by atoms with Crippen molar-refractivity contribution in [1.29, 1.82) is 0 Å². The van der Waals surface area contributed by atoms with Crippen molar-refractivity contribution in [3.63, 3.8) is 0 Å². The smallest absolute Gasteiger partial charge is 0.155 e. The Bertz CT molecular complexity index is 634. The summed E-state index contributed by atoms with van der Waals surface area (Å²) in [5, 5.41) is 0. The molecule has 1 aliphatic carbocycles. The normalized spacial score (nSPS) is 22.5. The topological polar surface area (TPSA) is 34.1 Å². The van der Waals surface area contributed by atoms with Crippen molar-refractivity contribution < 1.29 is 17.2 Å². The molecule has 0 unspecified atom stereocenters. The van der Waals surface area contributed by atoms with Crippen LogP contribution in [0, 0.1) is 23.5 Å². The predicted molar refractivity (Wildman–Crippen MR) is 93.7 cm³/mol. The van der Waals surface area contributed by atoms with E-state index in [9.17, 15) is 17.2 Å². The quantitative estimate of drug-likeness (QED) is 0.749. The molecule has 24 heavy (non-hydrogen) atoms. The molecule has 2 nitrogen and oxygen atoms in total. The summed E-state index contributed by atoms with van der Waals surface area (Å²) in [6, 6.07) is 3.68. The Morgan fingerprint density at radius 2 is 1.46 bits per heavy atom. The zero-order valence-electron chi connectivity index (χ0n) is 14.8. The lowest BCUT2D eigenvalue weighted by atomic mass is 9.80. The zero-order chi connectivity index (χ0) is 18.0. The van der Waals surface area contributed by atoms with Gasteiger partial charge in [-0.1, -0.05) is 12.8 Å². The van der Waals surface area contributed by atoms with Gasteiger partial charge in [0.15, 0.2) is 9.84 Å². The van der Waals surface area contributed by atoms with Gasteiger partial charge in [0, 0.05) is 6.07 Å². The molecule has 1 aromatic carbocycles. The van der Waals surface area contributed by atoms with Crippen LogP contribution in [-0.2, 0) is 16.3 Å². The van der Waals surface area contributed by atoms with Crippen LogP contribution in [0.3, 0.4) is 0 Å². The first kappa shape index (κ1) is 19.4. The molecule has 0 N–H and O–H groups in total. The van der Waals surface area contributed by atoms with Crippen molar-refractivity contribution in [2.45, 2.75) is 64.0 Å². The molecule has 0 radical (unpaired) electrons. The van der Waals surface area contributed by atoms with Crippen LogP contribution in [-0.4, -0.2) is 18.9 Å². The van der Waals surface area contributed by atoms with Crippen LogP contribution in [0.2, 0.25) is 0 Å². The zero-order valence-corrected chi connectivity index (χ0v) is 15.6. The average molecular weight is 358 g/mol. The van der Waals surface area contributed by atoms with Gasteiger partial charge in [-0.3, -0.25) is 0 Å². The Morgan fingerprint density at radius 3 is 1.96 bits per heavy atom. The molecule has 0 aromatic heterocycles. The highest BCUT2D eigenvalue weighted by Gasteiger charge is 2.33. The van der Waals surface area contributed by atoms with E-state index in [1.165, 1.54) is 12.1 Å². The summed E-state index contributed by atoms with van der Waals surface area (Å²) in [6.07, 6.45) is 5.44. The first-order chi connectivity index (χ1) is 11.1. The third-order valence-corrected chi connectivity index (χ3v) is 7.89. The summed E-state index contributed by atoms with van der Waals surface area (Å²) in [6.45, 7) is 5.27. The Morgan fingerprint density at radius 1 is 0.958 bits per heavy atom. The second kappa shape index (κ2) is 7.51. The van der Waals surface area contributed by atoms with Gasteiger partial charge in [-0.05, 0) is 76.0 Å². The molecule has 0 atom stereocenters. The van der Waals surface area contributed by atoms with Crippen LogP contribution in [0.4, 0.5) is 8.78 Å². The fourth-order valence-corrected chi connectivity index (χ4v) is 4.83. The van der Waals surface area contributed by atoms with Gasteiger partial charge in [-0.15, -0.1) is 0 Å². The Balaban J connectivity index is 1.81. The largest absolute Gasteiger partial charge is 0.228 e. The molecule has 1 aromatic rings. The third-order valence-electron chi connectivity index (χ3n) is 5.12. The van der Waals surface area contributed by atoms with E-state index in [-0.39, 0.29) is 11.7 Å². The number of benzene rings is 1. The van der Waals surface area contributed by atoms with Crippen LogP contribution >= 0.6 is 0 Å². The maximum atomic E-state index is 13.2. The van der Waals surface area contributed by atoms with Gasteiger partial charge in [0.25, 0.3) is 0 Å². The van der Waals surface area contributed by atoms with Gasteiger partial charge in [0.2, 0.25) is 0 Å². The van der Waals surface area contributed by atoms with Crippen molar-refractivity contribution in [3.8, 4) is 0 Å². The molecule has 0 bridgehead atoms. The highest BCUT2D eigenvalue weighted by molar-refractivity contribution is 7.92. The molecule has 136 valence electrons. The third kappa shape index (κ3) is 5.27. The van der Waals surface area contributed by atoms with Gasteiger partial charge in [0.1, 0.15) is 11.6 Å². The molecule has 1 aliphatic rings. The van der Waals surface area contributed by atoms with E-state index >= 15 is 0 Å². The highest BCUT2D eigenvalue weighted by atomic mass is 32.2. The fraction of sp³-hybridized carbons (Fsp3) is 0.684. The van der Waals surface area contributed by atoms with Crippen molar-refractivity contribution in [2.75, 3.05) is 5.75 Å². The monoisotopic (exact) mass is 358 g/mol. The van der Waals surface area contributed by atoms with Crippen LogP contribution < -0.4 is 0 Å². The molecule has 1 saturated carbocycles. The standard InChI is InChI=1S/C19H28F2O2S/c1-19(2,3)24(22,23)13-15-7-4-14(5-8-15)6-9-16-10-17(20)12-18(21)11-16/h10-12,14-15H,4-9,13H2,1-3H3. The molecule has 5 heteroatoms. The van der Waals surface area contributed by atoms with Crippen molar-refractivity contribution in [1.82, 2.24) is 0 Å². The Labute approximate surface area is 144 Å². The van der Waals surface area contributed by atoms with Crippen molar-refractivity contribution in [3.05, 3.63) is 35.4 Å². The molecule has 0 heterocycles. The second-order valence-corrected chi connectivity index (χ2v) is 10.9. The first-order valence-electron chi connectivity index (χ1n) is 8.74. The minimum atomic E-state index is -3.06.